The molecule has 2 rings (SSSR count). The number of hydrogen-bond acceptors (Lipinski definition) is 3. The van der Waals surface area contributed by atoms with Crippen molar-refractivity contribution in [3.8, 4) is 0 Å². The Labute approximate surface area is 127 Å². The standard InChI is InChI=1S/C12H16BrClN2O2S/c13-10-5-3-6-11(12(10)14)19(17,18)16-7-2-1-4-9(16)8-15/h3,5-6,9H,1-2,4,7-8,15H2. The van der Waals surface area contributed by atoms with E-state index in [0.717, 1.165) is 19.3 Å². The van der Waals surface area contributed by atoms with Crippen LogP contribution in [-0.2, 0) is 10.0 Å². The monoisotopic (exact) mass is 366 g/mol. The van der Waals surface area contributed by atoms with Gasteiger partial charge in [-0.15, -0.1) is 0 Å². The molecule has 0 amide bonds. The molecular weight excluding hydrogens is 352 g/mol. The van der Waals surface area contributed by atoms with E-state index < -0.39 is 10.0 Å². The summed E-state index contributed by atoms with van der Waals surface area (Å²) in [5.41, 5.74) is 5.69. The van der Waals surface area contributed by atoms with Crippen LogP contribution in [0.2, 0.25) is 5.02 Å². The quantitative estimate of drug-likeness (QED) is 0.893. The summed E-state index contributed by atoms with van der Waals surface area (Å²) in [5.74, 6) is 0. The topological polar surface area (TPSA) is 63.4 Å². The van der Waals surface area contributed by atoms with Crippen molar-refractivity contribution in [2.24, 2.45) is 5.73 Å². The summed E-state index contributed by atoms with van der Waals surface area (Å²) in [7, 11) is -3.59. The molecule has 0 aliphatic carbocycles. The lowest BCUT2D eigenvalue weighted by Gasteiger charge is -2.34. The summed E-state index contributed by atoms with van der Waals surface area (Å²) in [6, 6.07) is 4.79. The van der Waals surface area contributed by atoms with Gasteiger partial charge in [-0.2, -0.15) is 4.31 Å². The van der Waals surface area contributed by atoms with Gasteiger partial charge in [0.05, 0.1) is 5.02 Å². The van der Waals surface area contributed by atoms with Gasteiger partial charge < -0.3 is 5.73 Å². The third-order valence-electron chi connectivity index (χ3n) is 3.35. The molecule has 0 spiro atoms. The van der Waals surface area contributed by atoms with Crippen molar-refractivity contribution in [1.29, 1.82) is 0 Å². The van der Waals surface area contributed by atoms with Crippen molar-refractivity contribution in [3.05, 3.63) is 27.7 Å². The molecule has 1 aromatic carbocycles. The molecule has 1 aliphatic rings. The average Bonchev–Trinajstić information content (AvgIpc) is 2.41. The van der Waals surface area contributed by atoms with E-state index in [9.17, 15) is 8.42 Å². The number of nitrogens with two attached hydrogens (primary N) is 1. The van der Waals surface area contributed by atoms with Crippen LogP contribution in [0.5, 0.6) is 0 Å². The maximum atomic E-state index is 12.7. The fraction of sp³-hybridized carbons (Fsp3) is 0.500. The molecule has 7 heteroatoms. The molecule has 4 nitrogen and oxygen atoms in total. The van der Waals surface area contributed by atoms with Crippen LogP contribution >= 0.6 is 27.5 Å². The van der Waals surface area contributed by atoms with Crippen LogP contribution in [0, 0.1) is 0 Å². The van der Waals surface area contributed by atoms with Gasteiger partial charge in [0.1, 0.15) is 4.90 Å². The van der Waals surface area contributed by atoms with Gasteiger partial charge in [0.2, 0.25) is 10.0 Å². The second-order valence-corrected chi connectivity index (χ2v) is 7.64. The van der Waals surface area contributed by atoms with E-state index in [1.807, 2.05) is 0 Å². The Kier molecular flexibility index (Phi) is 4.89. The molecule has 106 valence electrons. The van der Waals surface area contributed by atoms with E-state index >= 15 is 0 Å². The first kappa shape index (κ1) is 15.3. The van der Waals surface area contributed by atoms with Crippen LogP contribution in [0.1, 0.15) is 19.3 Å². The second-order valence-electron chi connectivity index (χ2n) is 4.55. The summed E-state index contributed by atoms with van der Waals surface area (Å²) in [6.45, 7) is 0.845. The molecule has 2 N–H and O–H groups in total. The summed E-state index contributed by atoms with van der Waals surface area (Å²) >= 11 is 9.36. The Bertz CT molecular complexity index is 565. The van der Waals surface area contributed by atoms with Gasteiger partial charge in [-0.1, -0.05) is 24.1 Å². The Balaban J connectivity index is 2.44. The lowest BCUT2D eigenvalue weighted by atomic mass is 10.1. The van der Waals surface area contributed by atoms with Crippen LogP contribution in [0.15, 0.2) is 27.6 Å². The molecule has 1 fully saturated rings. The zero-order valence-corrected chi connectivity index (χ0v) is 13.5. The van der Waals surface area contributed by atoms with Crippen molar-refractivity contribution >= 4 is 37.6 Å². The van der Waals surface area contributed by atoms with E-state index in [0.29, 0.717) is 17.6 Å². The smallest absolute Gasteiger partial charge is 0.244 e. The van der Waals surface area contributed by atoms with E-state index in [-0.39, 0.29) is 16.0 Å². The third kappa shape index (κ3) is 2.97. The average molecular weight is 368 g/mol. The maximum absolute atomic E-state index is 12.7. The normalized spacial score (nSPS) is 21.5. The van der Waals surface area contributed by atoms with Gasteiger partial charge in [0.15, 0.2) is 0 Å². The SMILES string of the molecule is NCC1CCCCN1S(=O)(=O)c1cccc(Br)c1Cl. The van der Waals surface area contributed by atoms with Gasteiger partial charge in [0.25, 0.3) is 0 Å². The van der Waals surface area contributed by atoms with Crippen molar-refractivity contribution < 1.29 is 8.42 Å². The number of benzene rings is 1. The number of rotatable bonds is 3. The Morgan fingerprint density at radius 3 is 2.84 bits per heavy atom. The Morgan fingerprint density at radius 1 is 1.42 bits per heavy atom. The maximum Gasteiger partial charge on any atom is 0.244 e. The van der Waals surface area contributed by atoms with Gasteiger partial charge in [-0.3, -0.25) is 0 Å². The van der Waals surface area contributed by atoms with Crippen LogP contribution in [0.4, 0.5) is 0 Å². The summed E-state index contributed by atoms with van der Waals surface area (Å²) in [6.07, 6.45) is 2.68. The minimum atomic E-state index is -3.59. The van der Waals surface area contributed by atoms with Gasteiger partial charge in [-0.25, -0.2) is 8.42 Å². The fourth-order valence-corrected chi connectivity index (χ4v) is 5.04. The number of sulfonamides is 1. The summed E-state index contributed by atoms with van der Waals surface area (Å²) in [5, 5.41) is 0.226. The van der Waals surface area contributed by atoms with Gasteiger partial charge >= 0.3 is 0 Å². The largest absolute Gasteiger partial charge is 0.329 e. The van der Waals surface area contributed by atoms with Gasteiger partial charge in [0, 0.05) is 23.6 Å². The highest BCUT2D eigenvalue weighted by Crippen LogP contribution is 2.33. The summed E-state index contributed by atoms with van der Waals surface area (Å²) < 4.78 is 27.5. The minimum absolute atomic E-state index is 0.131. The first-order valence-electron chi connectivity index (χ1n) is 6.14. The van der Waals surface area contributed by atoms with E-state index in [2.05, 4.69) is 15.9 Å². The predicted molar refractivity (Wildman–Crippen MR) is 79.7 cm³/mol. The lowest BCUT2D eigenvalue weighted by molar-refractivity contribution is 0.257. The highest BCUT2D eigenvalue weighted by Gasteiger charge is 2.34. The zero-order chi connectivity index (χ0) is 14.0. The molecule has 1 aliphatic heterocycles. The number of halogens is 2. The molecule has 1 atom stereocenters. The molecule has 0 radical (unpaired) electrons. The second kappa shape index (κ2) is 6.10. The third-order valence-corrected chi connectivity index (χ3v) is 6.75. The fourth-order valence-electron chi connectivity index (χ4n) is 2.34. The van der Waals surface area contributed by atoms with E-state index in [1.54, 1.807) is 12.1 Å². The molecule has 1 heterocycles. The molecule has 0 saturated carbocycles. The van der Waals surface area contributed by atoms with Crippen LogP contribution in [-0.4, -0.2) is 31.9 Å². The first-order valence-corrected chi connectivity index (χ1v) is 8.75. The number of hydrogen-bond donors (Lipinski definition) is 1. The summed E-state index contributed by atoms with van der Waals surface area (Å²) in [4.78, 5) is 0.142. The predicted octanol–water partition coefficient (Wildman–Crippen LogP) is 2.60. The van der Waals surface area contributed by atoms with Crippen molar-refractivity contribution in [2.45, 2.75) is 30.2 Å². The van der Waals surface area contributed by atoms with Crippen molar-refractivity contribution in [1.82, 2.24) is 4.31 Å². The molecular formula is C12H16BrClN2O2S. The van der Waals surface area contributed by atoms with Gasteiger partial charge in [-0.05, 0) is 40.9 Å². The minimum Gasteiger partial charge on any atom is -0.329 e. The highest BCUT2D eigenvalue weighted by molar-refractivity contribution is 9.10. The van der Waals surface area contributed by atoms with Crippen LogP contribution in [0.3, 0.4) is 0 Å². The molecule has 1 aromatic rings. The number of nitrogens with zero attached hydrogens (tertiary/aromatic N) is 1. The van der Waals surface area contributed by atoms with Crippen molar-refractivity contribution in [3.63, 3.8) is 0 Å². The van der Waals surface area contributed by atoms with Crippen molar-refractivity contribution in [2.75, 3.05) is 13.1 Å². The van der Waals surface area contributed by atoms with Crippen LogP contribution in [0.25, 0.3) is 0 Å². The number of piperidine rings is 1. The molecule has 0 aromatic heterocycles. The van der Waals surface area contributed by atoms with Crippen LogP contribution < -0.4 is 5.73 Å². The molecule has 0 bridgehead atoms. The molecule has 1 saturated heterocycles. The molecule has 19 heavy (non-hydrogen) atoms. The lowest BCUT2D eigenvalue weighted by Crippen LogP contribution is -2.47. The first-order chi connectivity index (χ1) is 8.98. The Morgan fingerprint density at radius 2 is 2.16 bits per heavy atom. The van der Waals surface area contributed by atoms with E-state index in [4.69, 9.17) is 17.3 Å². The van der Waals surface area contributed by atoms with E-state index in [1.165, 1.54) is 10.4 Å². The molecule has 1 unspecified atom stereocenters. The Hall–Kier alpha value is -0.140. The highest BCUT2D eigenvalue weighted by atomic mass is 79.9. The zero-order valence-electron chi connectivity index (χ0n) is 10.4.